The van der Waals surface area contributed by atoms with Crippen molar-refractivity contribution in [2.24, 2.45) is 0 Å². The maximum absolute atomic E-state index is 14.1. The largest absolute Gasteiger partial charge is 0.497 e. The van der Waals surface area contributed by atoms with E-state index in [2.05, 4.69) is 0 Å². The van der Waals surface area contributed by atoms with Gasteiger partial charge in [-0.25, -0.2) is 0 Å². The minimum absolute atomic E-state index is 0.277. The minimum Gasteiger partial charge on any atom is -0.497 e. The van der Waals surface area contributed by atoms with Crippen LogP contribution in [0.25, 0.3) is 16.9 Å². The van der Waals surface area contributed by atoms with Crippen molar-refractivity contribution in [2.45, 2.75) is 20.1 Å². The molecular formula is C34H33N3O4. The van der Waals surface area contributed by atoms with E-state index >= 15 is 0 Å². The molecule has 0 saturated heterocycles. The summed E-state index contributed by atoms with van der Waals surface area (Å²) < 4.78 is 19.5. The van der Waals surface area contributed by atoms with Crippen molar-refractivity contribution in [3.05, 3.63) is 131 Å². The summed E-state index contributed by atoms with van der Waals surface area (Å²) in [6, 6.07) is 34.8. The summed E-state index contributed by atoms with van der Waals surface area (Å²) in [4.78, 5) is 16.0. The van der Waals surface area contributed by atoms with Crippen LogP contribution >= 0.6 is 0 Å². The van der Waals surface area contributed by atoms with E-state index in [1.165, 1.54) is 4.68 Å². The molecule has 4 aromatic carbocycles. The summed E-state index contributed by atoms with van der Waals surface area (Å²) in [5.41, 5.74) is 4.12. The quantitative estimate of drug-likeness (QED) is 0.188. The zero-order chi connectivity index (χ0) is 28.6. The van der Waals surface area contributed by atoms with Crippen molar-refractivity contribution in [2.75, 3.05) is 25.6 Å². The monoisotopic (exact) mass is 547 g/mol. The van der Waals surface area contributed by atoms with Gasteiger partial charge in [0.15, 0.2) is 5.69 Å². The van der Waals surface area contributed by atoms with Gasteiger partial charge in [-0.15, -0.1) is 0 Å². The van der Waals surface area contributed by atoms with Crippen molar-refractivity contribution in [1.29, 1.82) is 0 Å². The molecule has 0 bridgehead atoms. The highest BCUT2D eigenvalue weighted by atomic mass is 16.5. The van der Waals surface area contributed by atoms with Crippen LogP contribution in [0.15, 0.2) is 114 Å². The van der Waals surface area contributed by atoms with E-state index in [0.717, 1.165) is 16.7 Å². The number of rotatable bonds is 11. The third-order valence-electron chi connectivity index (χ3n) is 6.79. The van der Waals surface area contributed by atoms with Gasteiger partial charge in [-0.1, -0.05) is 78.9 Å². The average Bonchev–Trinajstić information content (AvgIpc) is 3.03. The number of anilines is 1. The Kier molecular flexibility index (Phi) is 8.64. The lowest BCUT2D eigenvalue weighted by Crippen LogP contribution is -2.31. The minimum atomic E-state index is -0.277. The fourth-order valence-corrected chi connectivity index (χ4v) is 4.42. The number of hydrogen-bond acceptors (Lipinski definition) is 6. The normalized spacial score (nSPS) is 10.7. The molecule has 0 N–H and O–H groups in total. The van der Waals surface area contributed by atoms with Gasteiger partial charge in [0.05, 0.1) is 12.8 Å². The van der Waals surface area contributed by atoms with Crippen LogP contribution in [0.1, 0.15) is 18.1 Å². The highest BCUT2D eigenvalue weighted by Gasteiger charge is 2.21. The second-order valence-electron chi connectivity index (χ2n) is 9.53. The molecule has 5 aromatic rings. The predicted octanol–water partition coefficient (Wildman–Crippen LogP) is 6.52. The third kappa shape index (κ3) is 6.41. The molecule has 0 fully saturated rings. The molecule has 0 atom stereocenters. The molecule has 0 aliphatic carbocycles. The predicted molar refractivity (Wildman–Crippen MR) is 162 cm³/mol. The smallest absolute Gasteiger partial charge is 0.295 e. The standard InChI is InChI=1S/C34H33N3O4/c1-4-36(2)30-22-29(27-17-11-18-28(21-27)39-3)35-37(34(30)38)33-31(40-23-25-13-7-5-8-14-25)19-12-20-32(33)41-24-26-15-9-6-10-16-26/h5-22H,4,23-24H2,1-3H3. The third-order valence-corrected chi connectivity index (χ3v) is 6.79. The summed E-state index contributed by atoms with van der Waals surface area (Å²) in [5.74, 6) is 1.68. The van der Waals surface area contributed by atoms with Gasteiger partial charge in [-0.05, 0) is 48.4 Å². The fraction of sp³-hybridized carbons (Fsp3) is 0.176. The van der Waals surface area contributed by atoms with E-state index in [1.807, 2.05) is 128 Å². The van der Waals surface area contributed by atoms with E-state index in [9.17, 15) is 4.79 Å². The molecule has 0 aliphatic heterocycles. The van der Waals surface area contributed by atoms with E-state index in [0.29, 0.717) is 54.1 Å². The van der Waals surface area contributed by atoms with Crippen LogP contribution in [-0.2, 0) is 13.2 Å². The summed E-state index contributed by atoms with van der Waals surface area (Å²) >= 11 is 0. The number of ether oxygens (including phenoxy) is 3. The molecular weight excluding hydrogens is 514 g/mol. The summed E-state index contributed by atoms with van der Waals surface area (Å²) in [6.45, 7) is 3.28. The van der Waals surface area contributed by atoms with Crippen molar-refractivity contribution in [3.63, 3.8) is 0 Å². The van der Waals surface area contributed by atoms with Crippen LogP contribution in [0.4, 0.5) is 5.69 Å². The Morgan fingerprint density at radius 2 is 1.34 bits per heavy atom. The molecule has 7 heteroatoms. The molecule has 1 heterocycles. The van der Waals surface area contributed by atoms with Gasteiger partial charge < -0.3 is 19.1 Å². The number of methoxy groups -OCH3 is 1. The molecule has 0 radical (unpaired) electrons. The molecule has 41 heavy (non-hydrogen) atoms. The number of hydrogen-bond donors (Lipinski definition) is 0. The molecule has 1 aromatic heterocycles. The zero-order valence-electron chi connectivity index (χ0n) is 23.5. The molecule has 208 valence electrons. The van der Waals surface area contributed by atoms with Gasteiger partial charge in [-0.3, -0.25) is 4.79 Å². The Hall–Kier alpha value is -5.04. The van der Waals surface area contributed by atoms with Gasteiger partial charge in [0, 0.05) is 19.2 Å². The lowest BCUT2D eigenvalue weighted by Gasteiger charge is -2.21. The lowest BCUT2D eigenvalue weighted by atomic mass is 10.1. The second kappa shape index (κ2) is 12.9. The van der Waals surface area contributed by atoms with Crippen LogP contribution in [0.5, 0.6) is 17.2 Å². The van der Waals surface area contributed by atoms with Crippen LogP contribution in [0.2, 0.25) is 0 Å². The van der Waals surface area contributed by atoms with E-state index < -0.39 is 0 Å². The Morgan fingerprint density at radius 1 is 0.756 bits per heavy atom. The Morgan fingerprint density at radius 3 is 1.90 bits per heavy atom. The van der Waals surface area contributed by atoms with E-state index in [-0.39, 0.29) is 5.56 Å². The Balaban J connectivity index is 1.67. The topological polar surface area (TPSA) is 65.8 Å². The second-order valence-corrected chi connectivity index (χ2v) is 9.53. The number of benzene rings is 4. The van der Waals surface area contributed by atoms with Gasteiger partial charge in [0.25, 0.3) is 5.56 Å². The van der Waals surface area contributed by atoms with Crippen LogP contribution in [-0.4, -0.2) is 30.5 Å². The zero-order valence-corrected chi connectivity index (χ0v) is 23.5. The average molecular weight is 548 g/mol. The first-order valence-corrected chi connectivity index (χ1v) is 13.5. The molecule has 0 saturated carbocycles. The van der Waals surface area contributed by atoms with E-state index in [1.54, 1.807) is 7.11 Å². The summed E-state index contributed by atoms with van der Waals surface area (Å²) in [6.07, 6.45) is 0. The first-order valence-electron chi connectivity index (χ1n) is 13.5. The first kappa shape index (κ1) is 27.5. The summed E-state index contributed by atoms with van der Waals surface area (Å²) in [7, 11) is 3.52. The summed E-state index contributed by atoms with van der Waals surface area (Å²) in [5, 5.41) is 4.86. The highest BCUT2D eigenvalue weighted by molar-refractivity contribution is 5.67. The number of aromatic nitrogens is 2. The van der Waals surface area contributed by atoms with Crippen molar-refractivity contribution in [1.82, 2.24) is 9.78 Å². The van der Waals surface area contributed by atoms with Crippen molar-refractivity contribution < 1.29 is 14.2 Å². The molecule has 0 spiro atoms. The van der Waals surface area contributed by atoms with Crippen LogP contribution in [0.3, 0.4) is 0 Å². The van der Waals surface area contributed by atoms with Gasteiger partial charge >= 0.3 is 0 Å². The molecule has 0 amide bonds. The lowest BCUT2D eigenvalue weighted by molar-refractivity contribution is 0.287. The SMILES string of the molecule is CCN(C)c1cc(-c2cccc(OC)c2)nn(-c2c(OCc3ccccc3)cccc2OCc2ccccc2)c1=O. The molecule has 5 rings (SSSR count). The highest BCUT2D eigenvalue weighted by Crippen LogP contribution is 2.34. The van der Waals surface area contributed by atoms with Crippen LogP contribution < -0.4 is 24.7 Å². The fourth-order valence-electron chi connectivity index (χ4n) is 4.42. The Bertz CT molecular complexity index is 1590. The number of nitrogens with zero attached hydrogens (tertiary/aromatic N) is 3. The number of para-hydroxylation sites is 1. The van der Waals surface area contributed by atoms with Gasteiger partial charge in [0.1, 0.15) is 36.1 Å². The maximum atomic E-state index is 14.1. The Labute approximate surface area is 240 Å². The van der Waals surface area contributed by atoms with Gasteiger partial charge in [0.2, 0.25) is 0 Å². The molecule has 0 unspecified atom stereocenters. The van der Waals surface area contributed by atoms with Crippen LogP contribution in [0, 0.1) is 0 Å². The van der Waals surface area contributed by atoms with Gasteiger partial charge in [-0.2, -0.15) is 9.78 Å². The molecule has 0 aliphatic rings. The maximum Gasteiger partial charge on any atom is 0.295 e. The van der Waals surface area contributed by atoms with Crippen molar-refractivity contribution >= 4 is 5.69 Å². The first-order chi connectivity index (χ1) is 20.1. The van der Waals surface area contributed by atoms with E-state index in [4.69, 9.17) is 19.3 Å². The van der Waals surface area contributed by atoms with Crippen molar-refractivity contribution in [3.8, 4) is 34.2 Å². The molecule has 7 nitrogen and oxygen atoms in total.